The first kappa shape index (κ1) is 21.0. The zero-order chi connectivity index (χ0) is 21.8. The summed E-state index contributed by atoms with van der Waals surface area (Å²) in [5.41, 5.74) is 0.816. The number of nitrogens with zero attached hydrogens (tertiary/aromatic N) is 5. The molecule has 1 saturated heterocycles. The van der Waals surface area contributed by atoms with Gasteiger partial charge in [0.05, 0.1) is 12.0 Å². The molecule has 0 bridgehead atoms. The quantitative estimate of drug-likeness (QED) is 0.624. The van der Waals surface area contributed by atoms with Crippen molar-refractivity contribution in [3.8, 4) is 5.75 Å². The highest BCUT2D eigenvalue weighted by atomic mass is 32.2. The number of anilines is 3. The summed E-state index contributed by atoms with van der Waals surface area (Å²) in [5, 5.41) is 3.18. The van der Waals surface area contributed by atoms with Gasteiger partial charge in [-0.25, -0.2) is 18.4 Å². The fourth-order valence-electron chi connectivity index (χ4n) is 3.35. The minimum absolute atomic E-state index is 0.260. The number of hydrogen-bond acceptors (Lipinski definition) is 8. The van der Waals surface area contributed by atoms with Gasteiger partial charge in [0.15, 0.2) is 0 Å². The molecule has 1 aliphatic rings. The zero-order valence-electron chi connectivity index (χ0n) is 17.4. The minimum Gasteiger partial charge on any atom is -0.497 e. The SMILES string of the molecule is COc1ccc(S(=O)(=O)N2CCN(c3nc(C)cc(Nc4ccccn4)n3)CC2)cc1. The summed E-state index contributed by atoms with van der Waals surface area (Å²) in [6.45, 7) is 3.62. The smallest absolute Gasteiger partial charge is 0.243 e. The Hall–Kier alpha value is -3.24. The number of methoxy groups -OCH3 is 1. The number of nitrogens with one attached hydrogen (secondary N) is 1. The maximum Gasteiger partial charge on any atom is 0.243 e. The minimum atomic E-state index is -3.56. The average molecular weight is 441 g/mol. The molecule has 0 unspecified atom stereocenters. The lowest BCUT2D eigenvalue weighted by molar-refractivity contribution is 0.382. The van der Waals surface area contributed by atoms with Gasteiger partial charge in [-0.2, -0.15) is 9.29 Å². The van der Waals surface area contributed by atoms with E-state index in [9.17, 15) is 8.42 Å². The van der Waals surface area contributed by atoms with E-state index in [4.69, 9.17) is 4.74 Å². The Morgan fingerprint density at radius 3 is 2.35 bits per heavy atom. The van der Waals surface area contributed by atoms with Crippen molar-refractivity contribution in [3.63, 3.8) is 0 Å². The van der Waals surface area contributed by atoms with Crippen molar-refractivity contribution in [2.24, 2.45) is 0 Å². The highest BCUT2D eigenvalue weighted by Gasteiger charge is 2.29. The monoisotopic (exact) mass is 440 g/mol. The lowest BCUT2D eigenvalue weighted by Gasteiger charge is -2.34. The maximum atomic E-state index is 13.0. The van der Waals surface area contributed by atoms with E-state index in [1.54, 1.807) is 37.6 Å². The average Bonchev–Trinajstić information content (AvgIpc) is 2.79. The van der Waals surface area contributed by atoms with E-state index in [1.165, 1.54) is 4.31 Å². The van der Waals surface area contributed by atoms with Gasteiger partial charge in [-0.15, -0.1) is 0 Å². The summed E-state index contributed by atoms with van der Waals surface area (Å²) in [5.74, 6) is 2.53. The molecule has 1 fully saturated rings. The largest absolute Gasteiger partial charge is 0.497 e. The Morgan fingerprint density at radius 1 is 0.968 bits per heavy atom. The highest BCUT2D eigenvalue weighted by molar-refractivity contribution is 7.89. The van der Waals surface area contributed by atoms with E-state index in [2.05, 4.69) is 20.3 Å². The molecular weight excluding hydrogens is 416 g/mol. The summed E-state index contributed by atoms with van der Waals surface area (Å²) in [7, 11) is -2.01. The third-order valence-electron chi connectivity index (χ3n) is 4.98. The summed E-state index contributed by atoms with van der Waals surface area (Å²) in [6, 6.07) is 13.9. The van der Waals surface area contributed by atoms with Crippen molar-refractivity contribution in [2.45, 2.75) is 11.8 Å². The molecule has 0 radical (unpaired) electrons. The van der Waals surface area contributed by atoms with E-state index in [-0.39, 0.29) is 4.90 Å². The van der Waals surface area contributed by atoms with Crippen molar-refractivity contribution in [3.05, 3.63) is 60.4 Å². The fourth-order valence-corrected chi connectivity index (χ4v) is 4.77. The Kier molecular flexibility index (Phi) is 6.01. The second-order valence-electron chi connectivity index (χ2n) is 7.10. The van der Waals surface area contributed by atoms with Crippen LogP contribution in [0.1, 0.15) is 5.69 Å². The van der Waals surface area contributed by atoms with Crippen LogP contribution in [0.4, 0.5) is 17.6 Å². The van der Waals surface area contributed by atoms with Crippen LogP contribution in [-0.4, -0.2) is 61.0 Å². The van der Waals surface area contributed by atoms with Gasteiger partial charge in [0.1, 0.15) is 17.4 Å². The summed E-state index contributed by atoms with van der Waals surface area (Å²) >= 11 is 0. The van der Waals surface area contributed by atoms with Gasteiger partial charge in [0.25, 0.3) is 0 Å². The van der Waals surface area contributed by atoms with Gasteiger partial charge < -0.3 is 15.0 Å². The first-order valence-electron chi connectivity index (χ1n) is 9.88. The first-order chi connectivity index (χ1) is 15.0. The second kappa shape index (κ2) is 8.86. The number of benzene rings is 1. The molecule has 0 spiro atoms. The molecule has 1 aromatic carbocycles. The fraction of sp³-hybridized carbons (Fsp3) is 0.286. The van der Waals surface area contributed by atoms with Crippen LogP contribution in [0.25, 0.3) is 0 Å². The van der Waals surface area contributed by atoms with Crippen molar-refractivity contribution in [1.82, 2.24) is 19.3 Å². The lowest BCUT2D eigenvalue weighted by Crippen LogP contribution is -2.49. The molecule has 10 heteroatoms. The Bertz CT molecular complexity index is 1130. The van der Waals surface area contributed by atoms with Gasteiger partial charge in [0.2, 0.25) is 16.0 Å². The van der Waals surface area contributed by atoms with E-state index in [0.29, 0.717) is 49.5 Å². The van der Waals surface area contributed by atoms with Gasteiger partial charge >= 0.3 is 0 Å². The molecule has 162 valence electrons. The zero-order valence-corrected chi connectivity index (χ0v) is 18.2. The van der Waals surface area contributed by atoms with Gasteiger partial charge in [-0.3, -0.25) is 0 Å². The van der Waals surface area contributed by atoms with Crippen LogP contribution < -0.4 is 15.0 Å². The van der Waals surface area contributed by atoms with Crippen LogP contribution in [0.2, 0.25) is 0 Å². The van der Waals surface area contributed by atoms with Crippen LogP contribution >= 0.6 is 0 Å². The molecule has 4 rings (SSSR count). The number of hydrogen-bond donors (Lipinski definition) is 1. The number of ether oxygens (including phenoxy) is 1. The van der Waals surface area contributed by atoms with Crippen molar-refractivity contribution in [2.75, 3.05) is 43.5 Å². The number of pyridine rings is 1. The van der Waals surface area contributed by atoms with Crippen molar-refractivity contribution in [1.29, 1.82) is 0 Å². The molecule has 2 aromatic heterocycles. The van der Waals surface area contributed by atoms with Crippen LogP contribution in [0.5, 0.6) is 5.75 Å². The van der Waals surface area contributed by atoms with Gasteiger partial charge in [0, 0.05) is 44.1 Å². The second-order valence-corrected chi connectivity index (χ2v) is 9.04. The molecule has 0 aliphatic carbocycles. The van der Waals surface area contributed by atoms with Crippen LogP contribution in [0.3, 0.4) is 0 Å². The Labute approximate surface area is 181 Å². The standard InChI is InChI=1S/C21H24N6O3S/c1-16-15-20(24-19-5-3-4-10-22-19)25-21(23-16)26-11-13-27(14-12-26)31(28,29)18-8-6-17(30-2)7-9-18/h3-10,15H,11-14H2,1-2H3,(H,22,23,24,25). The molecule has 9 nitrogen and oxygen atoms in total. The summed E-state index contributed by atoms with van der Waals surface area (Å²) < 4.78 is 32.5. The molecule has 31 heavy (non-hydrogen) atoms. The predicted molar refractivity (Wildman–Crippen MR) is 118 cm³/mol. The summed E-state index contributed by atoms with van der Waals surface area (Å²) in [4.78, 5) is 15.6. The molecule has 0 atom stereocenters. The van der Waals surface area contributed by atoms with E-state index >= 15 is 0 Å². The van der Waals surface area contributed by atoms with E-state index in [1.807, 2.05) is 36.1 Å². The maximum absolute atomic E-state index is 13.0. The van der Waals surface area contributed by atoms with Gasteiger partial charge in [-0.05, 0) is 43.3 Å². The Morgan fingerprint density at radius 2 is 1.71 bits per heavy atom. The summed E-state index contributed by atoms with van der Waals surface area (Å²) in [6.07, 6.45) is 1.71. The molecule has 1 N–H and O–H groups in total. The number of aromatic nitrogens is 3. The third-order valence-corrected chi connectivity index (χ3v) is 6.90. The van der Waals surface area contributed by atoms with Crippen LogP contribution in [-0.2, 0) is 10.0 Å². The number of sulfonamides is 1. The molecule has 3 heterocycles. The molecule has 0 saturated carbocycles. The number of aryl methyl sites for hydroxylation is 1. The molecule has 3 aromatic rings. The molecular formula is C21H24N6O3S. The number of rotatable bonds is 6. The normalized spacial score (nSPS) is 15.0. The topological polar surface area (TPSA) is 101 Å². The molecule has 1 aliphatic heterocycles. The van der Waals surface area contributed by atoms with E-state index in [0.717, 1.165) is 5.69 Å². The van der Waals surface area contributed by atoms with Crippen LogP contribution in [0, 0.1) is 6.92 Å². The van der Waals surface area contributed by atoms with E-state index < -0.39 is 10.0 Å². The molecule has 0 amide bonds. The highest BCUT2D eigenvalue weighted by Crippen LogP contribution is 2.23. The van der Waals surface area contributed by atoms with Gasteiger partial charge in [-0.1, -0.05) is 6.07 Å². The number of piperazine rings is 1. The lowest BCUT2D eigenvalue weighted by atomic mass is 10.3. The first-order valence-corrected chi connectivity index (χ1v) is 11.3. The third kappa shape index (κ3) is 4.75. The van der Waals surface area contributed by atoms with Crippen molar-refractivity contribution < 1.29 is 13.2 Å². The van der Waals surface area contributed by atoms with Crippen LogP contribution in [0.15, 0.2) is 59.6 Å². The Balaban J connectivity index is 1.45. The van der Waals surface area contributed by atoms with Crippen molar-refractivity contribution >= 4 is 27.6 Å². The predicted octanol–water partition coefficient (Wildman–Crippen LogP) is 2.44.